The van der Waals surface area contributed by atoms with Crippen molar-refractivity contribution in [2.24, 2.45) is 11.8 Å². The van der Waals surface area contributed by atoms with E-state index in [2.05, 4.69) is 0 Å². The second-order valence-electron chi connectivity index (χ2n) is 6.70. The van der Waals surface area contributed by atoms with Gasteiger partial charge in [0.15, 0.2) is 10.1 Å². The molecule has 1 saturated heterocycles. The molecule has 10 heteroatoms. The van der Waals surface area contributed by atoms with Crippen LogP contribution in [0.3, 0.4) is 0 Å². The van der Waals surface area contributed by atoms with Crippen molar-refractivity contribution in [3.05, 3.63) is 39.9 Å². The third-order valence-electron chi connectivity index (χ3n) is 5.42. The number of alkyl halides is 4. The fraction of sp³-hybridized carbons (Fsp3) is 0.353. The van der Waals surface area contributed by atoms with Crippen LogP contribution in [0, 0.1) is 11.8 Å². The van der Waals surface area contributed by atoms with Crippen molar-refractivity contribution in [3.8, 4) is 0 Å². The van der Waals surface area contributed by atoms with E-state index >= 15 is 0 Å². The molecule has 3 aliphatic rings. The van der Waals surface area contributed by atoms with Crippen LogP contribution in [0.5, 0.6) is 0 Å². The average Bonchev–Trinajstić information content (AvgIpc) is 2.99. The summed E-state index contributed by atoms with van der Waals surface area (Å²) in [6.45, 7) is 1.38. The number of Topliss-reactive ketones (excluding diaryl/α,β-unsaturated/α-hetero) is 1. The number of hydrogen-bond donors (Lipinski definition) is 0. The van der Waals surface area contributed by atoms with Crippen LogP contribution >= 0.6 is 69.6 Å². The summed E-state index contributed by atoms with van der Waals surface area (Å²) in [4.78, 5) is 35.3. The molecule has 4 atom stereocenters. The SMILES string of the molecule is CC(=O)c1cccc(N2C(=O)[C@@H]3[C@H](C2=O)[C@@]2(Cl)C(Cl)=C(Cl)[C@@]3(Cl)C2(Cl)Cl)c1. The van der Waals surface area contributed by atoms with Gasteiger partial charge in [0, 0.05) is 5.56 Å². The molecule has 0 spiro atoms. The van der Waals surface area contributed by atoms with Crippen LogP contribution in [0.4, 0.5) is 5.69 Å². The van der Waals surface area contributed by atoms with E-state index in [9.17, 15) is 14.4 Å². The second kappa shape index (κ2) is 5.78. The fourth-order valence-electron chi connectivity index (χ4n) is 4.11. The number of carbonyl (C=O) groups excluding carboxylic acids is 3. The minimum Gasteiger partial charge on any atom is -0.295 e. The normalized spacial score (nSPS) is 36.6. The molecular formula is C17H9Cl6NO3. The molecule has 2 amide bonds. The van der Waals surface area contributed by atoms with Crippen molar-refractivity contribution < 1.29 is 14.4 Å². The van der Waals surface area contributed by atoms with Crippen molar-refractivity contribution >= 4 is 92.9 Å². The topological polar surface area (TPSA) is 54.5 Å². The van der Waals surface area contributed by atoms with Gasteiger partial charge in [0.1, 0.15) is 9.75 Å². The molecule has 1 heterocycles. The number of carbonyl (C=O) groups is 3. The first-order chi connectivity index (χ1) is 12.4. The molecule has 1 aliphatic heterocycles. The standard InChI is InChI=1S/C17H9Cl6NO3/c1-6(25)7-3-2-4-8(5-7)24-13(26)9-10(14(24)27)16(21)12(19)11(18)15(9,20)17(16,22)23/h2-5,9-10H,1H3/t9-,10+,15-,16-/m1/s1. The molecule has 0 unspecified atom stereocenters. The van der Waals surface area contributed by atoms with Gasteiger partial charge in [-0.3, -0.25) is 14.4 Å². The minimum absolute atomic E-state index is 0.146. The predicted molar refractivity (Wildman–Crippen MR) is 106 cm³/mol. The monoisotopic (exact) mass is 485 g/mol. The molecule has 27 heavy (non-hydrogen) atoms. The molecule has 142 valence electrons. The van der Waals surface area contributed by atoms with Crippen molar-refractivity contribution in [1.82, 2.24) is 0 Å². The van der Waals surface area contributed by atoms with Gasteiger partial charge in [0.25, 0.3) is 0 Å². The molecule has 2 aliphatic carbocycles. The summed E-state index contributed by atoms with van der Waals surface area (Å²) in [5.74, 6) is -3.93. The predicted octanol–water partition coefficient (Wildman–Crippen LogP) is 4.84. The molecule has 0 aromatic heterocycles. The van der Waals surface area contributed by atoms with Gasteiger partial charge in [0.05, 0.1) is 27.6 Å². The Morgan fingerprint density at radius 1 is 0.963 bits per heavy atom. The van der Waals surface area contributed by atoms with E-state index in [1.165, 1.54) is 19.1 Å². The highest BCUT2D eigenvalue weighted by molar-refractivity contribution is 6.67. The number of fused-ring (bicyclic) bond motifs is 5. The summed E-state index contributed by atoms with van der Waals surface area (Å²) in [6, 6.07) is 6.10. The summed E-state index contributed by atoms with van der Waals surface area (Å²) >= 11 is 38.6. The maximum atomic E-state index is 13.2. The Bertz CT molecular complexity index is 929. The molecule has 4 rings (SSSR count). The Hall–Kier alpha value is -0.490. The van der Waals surface area contributed by atoms with E-state index in [0.717, 1.165) is 4.90 Å². The molecule has 0 radical (unpaired) electrons. The summed E-state index contributed by atoms with van der Waals surface area (Å²) in [5.41, 5.74) is 0.557. The number of allylic oxidation sites excluding steroid dienone is 2. The fourth-order valence-corrected chi connectivity index (χ4v) is 7.04. The van der Waals surface area contributed by atoms with E-state index in [-0.39, 0.29) is 21.5 Å². The summed E-state index contributed by atoms with van der Waals surface area (Å²) in [6.07, 6.45) is 0. The van der Waals surface area contributed by atoms with Gasteiger partial charge >= 0.3 is 0 Å². The van der Waals surface area contributed by atoms with Crippen LogP contribution < -0.4 is 4.90 Å². The Morgan fingerprint density at radius 2 is 1.44 bits per heavy atom. The van der Waals surface area contributed by atoms with E-state index in [1.54, 1.807) is 12.1 Å². The Balaban J connectivity index is 1.89. The van der Waals surface area contributed by atoms with Gasteiger partial charge in [-0.2, -0.15) is 0 Å². The van der Waals surface area contributed by atoms with Crippen molar-refractivity contribution in [2.75, 3.05) is 4.90 Å². The smallest absolute Gasteiger partial charge is 0.240 e. The number of ketones is 1. The summed E-state index contributed by atoms with van der Waals surface area (Å²) in [7, 11) is 0. The van der Waals surface area contributed by atoms with Gasteiger partial charge in [-0.25, -0.2) is 4.90 Å². The molecule has 2 fully saturated rings. The van der Waals surface area contributed by atoms with Gasteiger partial charge in [-0.15, -0.1) is 23.2 Å². The first-order valence-electron chi connectivity index (χ1n) is 7.73. The average molecular weight is 488 g/mol. The van der Waals surface area contributed by atoms with Gasteiger partial charge in [0.2, 0.25) is 11.8 Å². The number of benzene rings is 1. The molecule has 0 N–H and O–H groups in total. The Kier molecular flexibility index (Phi) is 4.24. The Morgan fingerprint density at radius 3 is 1.89 bits per heavy atom. The van der Waals surface area contributed by atoms with Crippen LogP contribution in [0.25, 0.3) is 0 Å². The van der Waals surface area contributed by atoms with Crippen LogP contribution in [0.2, 0.25) is 0 Å². The number of nitrogens with zero attached hydrogens (tertiary/aromatic N) is 1. The number of anilines is 1. The van der Waals surface area contributed by atoms with E-state index in [4.69, 9.17) is 69.6 Å². The van der Waals surface area contributed by atoms with Crippen molar-refractivity contribution in [2.45, 2.75) is 21.0 Å². The third kappa shape index (κ3) is 2.02. The molecule has 1 aromatic rings. The lowest BCUT2D eigenvalue weighted by Gasteiger charge is -2.34. The Labute approximate surface area is 184 Å². The van der Waals surface area contributed by atoms with Crippen molar-refractivity contribution in [3.63, 3.8) is 0 Å². The molecule has 2 bridgehead atoms. The first kappa shape index (κ1) is 19.8. The van der Waals surface area contributed by atoms with Gasteiger partial charge in [-0.05, 0) is 19.1 Å². The van der Waals surface area contributed by atoms with Gasteiger partial charge in [-0.1, -0.05) is 58.5 Å². The van der Waals surface area contributed by atoms with E-state index in [1.807, 2.05) is 0 Å². The van der Waals surface area contributed by atoms with E-state index < -0.39 is 37.7 Å². The minimum atomic E-state index is -1.97. The molecular weight excluding hydrogens is 479 g/mol. The van der Waals surface area contributed by atoms with E-state index in [0.29, 0.717) is 5.56 Å². The van der Waals surface area contributed by atoms with Crippen LogP contribution in [-0.2, 0) is 9.59 Å². The number of rotatable bonds is 2. The highest BCUT2D eigenvalue weighted by Crippen LogP contribution is 2.77. The molecule has 4 nitrogen and oxygen atoms in total. The quantitative estimate of drug-likeness (QED) is 0.341. The highest BCUT2D eigenvalue weighted by Gasteiger charge is 2.87. The lowest BCUT2D eigenvalue weighted by molar-refractivity contribution is -0.123. The molecule has 1 saturated carbocycles. The maximum Gasteiger partial charge on any atom is 0.240 e. The van der Waals surface area contributed by atoms with Crippen LogP contribution in [-0.4, -0.2) is 31.7 Å². The second-order valence-corrected chi connectivity index (χ2v) is 9.98. The zero-order chi connectivity index (χ0) is 20.1. The number of amides is 2. The number of hydrogen-bond acceptors (Lipinski definition) is 3. The number of imide groups is 1. The van der Waals surface area contributed by atoms with Gasteiger partial charge < -0.3 is 0 Å². The van der Waals surface area contributed by atoms with Crippen LogP contribution in [0.1, 0.15) is 17.3 Å². The van der Waals surface area contributed by atoms with Crippen LogP contribution in [0.15, 0.2) is 34.3 Å². The summed E-state index contributed by atoms with van der Waals surface area (Å²) in [5, 5.41) is -0.292. The highest BCUT2D eigenvalue weighted by atomic mass is 35.5. The zero-order valence-corrected chi connectivity index (χ0v) is 17.9. The molecule has 1 aromatic carbocycles. The summed E-state index contributed by atoms with van der Waals surface area (Å²) < 4.78 is -1.97. The maximum absolute atomic E-state index is 13.2. The lowest BCUT2D eigenvalue weighted by Crippen LogP contribution is -2.50. The first-order valence-corrected chi connectivity index (χ1v) is 9.99. The zero-order valence-electron chi connectivity index (χ0n) is 13.4. The lowest BCUT2D eigenvalue weighted by atomic mass is 9.84. The number of halogens is 6. The third-order valence-corrected chi connectivity index (χ3v) is 9.68. The largest absolute Gasteiger partial charge is 0.295 e. The van der Waals surface area contributed by atoms with Crippen molar-refractivity contribution in [1.29, 1.82) is 0 Å².